The molecule has 0 aliphatic carbocycles. The predicted octanol–water partition coefficient (Wildman–Crippen LogP) is 6.86. The molecule has 4 nitrogen and oxygen atoms in total. The summed E-state index contributed by atoms with van der Waals surface area (Å²) in [5.74, 6) is 0.961. The normalized spacial score (nSPS) is 10.9. The van der Waals surface area contributed by atoms with Gasteiger partial charge in [0, 0.05) is 33.1 Å². The molecule has 2 heterocycles. The number of nitrogens with one attached hydrogen (secondary N) is 1. The molecule has 0 spiro atoms. The van der Waals surface area contributed by atoms with E-state index in [1.54, 1.807) is 31.3 Å². The first-order valence-electron chi connectivity index (χ1n) is 8.85. The standard InChI is InChI=1S/C22H16Cl2N2O2S/c1-13-18(11-20(28-13)14-5-3-2-4-6-14)21(27)26-22-25-12-17(29-22)10-15-9-16(23)7-8-19(15)24/h2-9,11-12H,10H2,1H3,(H,25,26,27). The van der Waals surface area contributed by atoms with Crippen LogP contribution >= 0.6 is 34.5 Å². The lowest BCUT2D eigenvalue weighted by molar-refractivity contribution is 0.102. The average Bonchev–Trinajstić information content (AvgIpc) is 3.32. The molecule has 4 rings (SSSR count). The number of nitrogens with zero attached hydrogens (tertiary/aromatic N) is 1. The number of aryl methyl sites for hydroxylation is 1. The molecule has 7 heteroatoms. The smallest absolute Gasteiger partial charge is 0.261 e. The Hall–Kier alpha value is -2.60. The summed E-state index contributed by atoms with van der Waals surface area (Å²) < 4.78 is 5.76. The van der Waals surface area contributed by atoms with Crippen molar-refractivity contribution >= 4 is 45.6 Å². The first-order chi connectivity index (χ1) is 14.0. The minimum absolute atomic E-state index is 0.255. The van der Waals surface area contributed by atoms with Crippen LogP contribution in [0, 0.1) is 6.92 Å². The van der Waals surface area contributed by atoms with Crippen molar-refractivity contribution in [1.29, 1.82) is 0 Å². The SMILES string of the molecule is Cc1oc(-c2ccccc2)cc1C(=O)Nc1ncc(Cc2cc(Cl)ccc2Cl)s1. The van der Waals surface area contributed by atoms with Gasteiger partial charge in [-0.2, -0.15) is 0 Å². The molecule has 0 aliphatic rings. The zero-order chi connectivity index (χ0) is 20.4. The van der Waals surface area contributed by atoms with Crippen LogP contribution in [0.5, 0.6) is 0 Å². The van der Waals surface area contributed by atoms with E-state index in [1.165, 1.54) is 11.3 Å². The lowest BCUT2D eigenvalue weighted by Crippen LogP contribution is -2.11. The summed E-state index contributed by atoms with van der Waals surface area (Å²) in [6.07, 6.45) is 2.32. The highest BCUT2D eigenvalue weighted by molar-refractivity contribution is 7.15. The van der Waals surface area contributed by atoms with Crippen LogP contribution in [0.2, 0.25) is 10.0 Å². The summed E-state index contributed by atoms with van der Waals surface area (Å²) >= 11 is 13.7. The van der Waals surface area contributed by atoms with Crippen molar-refractivity contribution in [2.75, 3.05) is 5.32 Å². The Morgan fingerprint density at radius 3 is 2.72 bits per heavy atom. The Morgan fingerprint density at radius 1 is 1.14 bits per heavy atom. The highest BCUT2D eigenvalue weighted by Crippen LogP contribution is 2.29. The monoisotopic (exact) mass is 442 g/mol. The second-order valence-corrected chi connectivity index (χ2v) is 8.40. The van der Waals surface area contributed by atoms with E-state index < -0.39 is 0 Å². The number of carbonyl (C=O) groups excluding carboxylic acids is 1. The van der Waals surface area contributed by atoms with Gasteiger partial charge in [0.1, 0.15) is 11.5 Å². The summed E-state index contributed by atoms with van der Waals surface area (Å²) in [6.45, 7) is 1.77. The Bertz CT molecular complexity index is 1170. The number of rotatable bonds is 5. The average molecular weight is 443 g/mol. The van der Waals surface area contributed by atoms with E-state index in [-0.39, 0.29) is 5.91 Å². The Morgan fingerprint density at radius 2 is 1.93 bits per heavy atom. The molecule has 0 bridgehead atoms. The molecule has 0 radical (unpaired) electrons. The fourth-order valence-corrected chi connectivity index (χ4v) is 4.14. The lowest BCUT2D eigenvalue weighted by Gasteiger charge is -2.02. The van der Waals surface area contributed by atoms with Crippen LogP contribution in [0.15, 0.2) is 65.2 Å². The maximum absolute atomic E-state index is 12.7. The molecule has 0 unspecified atom stereocenters. The van der Waals surface area contributed by atoms with Gasteiger partial charge in [0.2, 0.25) is 0 Å². The fourth-order valence-electron chi connectivity index (χ4n) is 2.93. The van der Waals surface area contributed by atoms with Gasteiger partial charge in [-0.1, -0.05) is 53.5 Å². The zero-order valence-electron chi connectivity index (χ0n) is 15.4. The Balaban J connectivity index is 1.48. The van der Waals surface area contributed by atoms with E-state index in [9.17, 15) is 4.79 Å². The van der Waals surface area contributed by atoms with Crippen LogP contribution in [0.3, 0.4) is 0 Å². The van der Waals surface area contributed by atoms with Crippen LogP contribution in [-0.4, -0.2) is 10.9 Å². The van der Waals surface area contributed by atoms with Gasteiger partial charge in [0.25, 0.3) is 5.91 Å². The molecule has 146 valence electrons. The van der Waals surface area contributed by atoms with Crippen molar-refractivity contribution in [3.63, 3.8) is 0 Å². The summed E-state index contributed by atoms with van der Waals surface area (Å²) in [6, 6.07) is 16.8. The van der Waals surface area contributed by atoms with Crippen LogP contribution in [0.1, 0.15) is 26.6 Å². The number of anilines is 1. The third kappa shape index (κ3) is 4.53. The first kappa shape index (κ1) is 19.7. The molecule has 2 aromatic carbocycles. The van der Waals surface area contributed by atoms with Gasteiger partial charge in [0.15, 0.2) is 5.13 Å². The van der Waals surface area contributed by atoms with Gasteiger partial charge < -0.3 is 4.42 Å². The first-order valence-corrected chi connectivity index (χ1v) is 10.4. The molecule has 1 amide bonds. The predicted molar refractivity (Wildman–Crippen MR) is 118 cm³/mol. The lowest BCUT2D eigenvalue weighted by atomic mass is 10.1. The molecule has 1 N–H and O–H groups in total. The third-order valence-corrected chi connectivity index (χ3v) is 5.88. The second-order valence-electron chi connectivity index (χ2n) is 6.44. The highest BCUT2D eigenvalue weighted by atomic mass is 35.5. The Labute approximate surface area is 182 Å². The van der Waals surface area contributed by atoms with Crippen LogP contribution in [-0.2, 0) is 6.42 Å². The molecule has 0 saturated heterocycles. The number of thiazole rings is 1. The molecule has 29 heavy (non-hydrogen) atoms. The Kier molecular flexibility index (Phi) is 5.72. The highest BCUT2D eigenvalue weighted by Gasteiger charge is 2.17. The molecular formula is C22H16Cl2N2O2S. The van der Waals surface area contributed by atoms with Crippen molar-refractivity contribution in [1.82, 2.24) is 4.98 Å². The van der Waals surface area contributed by atoms with Crippen molar-refractivity contribution < 1.29 is 9.21 Å². The zero-order valence-corrected chi connectivity index (χ0v) is 17.7. The number of aromatic nitrogens is 1. The van der Waals surface area contributed by atoms with Crippen LogP contribution in [0.25, 0.3) is 11.3 Å². The minimum atomic E-state index is -0.255. The van der Waals surface area contributed by atoms with Crippen LogP contribution < -0.4 is 5.32 Å². The maximum atomic E-state index is 12.7. The summed E-state index contributed by atoms with van der Waals surface area (Å²) in [5, 5.41) is 4.64. The molecule has 0 fully saturated rings. The van der Waals surface area contributed by atoms with E-state index in [4.69, 9.17) is 27.6 Å². The van der Waals surface area contributed by atoms with Crippen LogP contribution in [0.4, 0.5) is 5.13 Å². The van der Waals surface area contributed by atoms with E-state index >= 15 is 0 Å². The number of halogens is 2. The van der Waals surface area contributed by atoms with Gasteiger partial charge in [-0.25, -0.2) is 4.98 Å². The fraction of sp³-hybridized carbons (Fsp3) is 0.0909. The van der Waals surface area contributed by atoms with Gasteiger partial charge in [-0.15, -0.1) is 11.3 Å². The van der Waals surface area contributed by atoms with E-state index in [1.807, 2.05) is 36.4 Å². The summed E-state index contributed by atoms with van der Waals surface area (Å²) in [7, 11) is 0. The van der Waals surface area contributed by atoms with Gasteiger partial charge in [0.05, 0.1) is 5.56 Å². The number of hydrogen-bond acceptors (Lipinski definition) is 4. The number of benzene rings is 2. The minimum Gasteiger partial charge on any atom is -0.461 e. The maximum Gasteiger partial charge on any atom is 0.261 e. The molecule has 2 aromatic heterocycles. The topological polar surface area (TPSA) is 55.1 Å². The number of carbonyl (C=O) groups is 1. The quantitative estimate of drug-likeness (QED) is 0.367. The van der Waals surface area contributed by atoms with Gasteiger partial charge in [-0.3, -0.25) is 10.1 Å². The molecule has 4 aromatic rings. The van der Waals surface area contributed by atoms with E-state index in [0.29, 0.717) is 38.7 Å². The number of furan rings is 1. The number of hydrogen-bond donors (Lipinski definition) is 1. The number of amides is 1. The van der Waals surface area contributed by atoms with Crippen molar-refractivity contribution in [3.8, 4) is 11.3 Å². The molecular weight excluding hydrogens is 427 g/mol. The van der Waals surface area contributed by atoms with Gasteiger partial charge in [-0.05, 0) is 36.8 Å². The van der Waals surface area contributed by atoms with E-state index in [0.717, 1.165) is 16.0 Å². The molecule has 0 saturated carbocycles. The third-order valence-electron chi connectivity index (χ3n) is 4.37. The largest absolute Gasteiger partial charge is 0.461 e. The van der Waals surface area contributed by atoms with Crippen molar-refractivity contribution in [3.05, 3.63) is 92.6 Å². The molecule has 0 atom stereocenters. The summed E-state index contributed by atoms with van der Waals surface area (Å²) in [5.41, 5.74) is 2.32. The van der Waals surface area contributed by atoms with Crippen molar-refractivity contribution in [2.45, 2.75) is 13.3 Å². The second kappa shape index (κ2) is 8.41. The van der Waals surface area contributed by atoms with E-state index in [2.05, 4.69) is 10.3 Å². The van der Waals surface area contributed by atoms with Crippen molar-refractivity contribution in [2.24, 2.45) is 0 Å². The molecule has 0 aliphatic heterocycles. The van der Waals surface area contributed by atoms with Gasteiger partial charge >= 0.3 is 0 Å². The summed E-state index contributed by atoms with van der Waals surface area (Å²) in [4.78, 5) is 18.0.